The second-order valence-corrected chi connectivity index (χ2v) is 8.88. The Morgan fingerprint density at radius 3 is 1.93 bits per heavy atom. The topological polar surface area (TPSA) is 0 Å². The van der Waals surface area contributed by atoms with Gasteiger partial charge >= 0.3 is 0 Å². The Bertz CT molecular complexity index is 149. The molecule has 15 heavy (non-hydrogen) atoms. The highest BCUT2D eigenvalue weighted by Crippen LogP contribution is 2.19. The predicted octanol–water partition coefficient (Wildman–Crippen LogP) is 5.15. The Kier molecular flexibility index (Phi) is 9.67. The van der Waals surface area contributed by atoms with Crippen LogP contribution in [0.4, 0.5) is 0 Å². The Morgan fingerprint density at radius 2 is 1.53 bits per heavy atom. The van der Waals surface area contributed by atoms with Crippen molar-refractivity contribution >= 4 is 14.1 Å². The smallest absolute Gasteiger partial charge is 0.0936 e. The molecule has 0 aliphatic carbocycles. The zero-order valence-electron chi connectivity index (χ0n) is 11.4. The molecule has 0 aliphatic rings. The van der Waals surface area contributed by atoms with E-state index in [1.807, 2.05) is 0 Å². The maximum absolute atomic E-state index is 2.38. The van der Waals surface area contributed by atoms with E-state index >= 15 is 0 Å². The molecule has 0 aromatic rings. The van der Waals surface area contributed by atoms with Gasteiger partial charge in [0.2, 0.25) is 0 Å². The minimum absolute atomic E-state index is 0.426. The summed E-state index contributed by atoms with van der Waals surface area (Å²) in [6, 6.07) is 0. The molecule has 0 unspecified atom stereocenters. The van der Waals surface area contributed by atoms with Crippen LogP contribution in [0.25, 0.3) is 0 Å². The normalized spacial score (nSPS) is 11.9. The lowest BCUT2D eigenvalue weighted by molar-refractivity contribution is 0.683. The third-order valence-corrected chi connectivity index (χ3v) is 7.27. The summed E-state index contributed by atoms with van der Waals surface area (Å²) in [5, 5.41) is 4.66. The summed E-state index contributed by atoms with van der Waals surface area (Å²) < 4.78 is 0. The van der Waals surface area contributed by atoms with Crippen LogP contribution in [-0.4, -0.2) is 14.1 Å². The van der Waals surface area contributed by atoms with Crippen molar-refractivity contribution in [2.75, 3.05) is 0 Å². The fourth-order valence-corrected chi connectivity index (χ4v) is 6.50. The van der Waals surface area contributed by atoms with E-state index in [0.29, 0.717) is 0 Å². The highest BCUT2D eigenvalue weighted by Gasteiger charge is 2.18. The number of hydrogen-bond donors (Lipinski definition) is 0. The molecule has 0 amide bonds. The van der Waals surface area contributed by atoms with Gasteiger partial charge < -0.3 is 0 Å². The molecular formula is C14H29Al. The Morgan fingerprint density at radius 1 is 1.00 bits per heavy atom. The van der Waals surface area contributed by atoms with Gasteiger partial charge in [-0.25, -0.2) is 0 Å². The molecule has 0 nitrogen and oxygen atoms in total. The van der Waals surface area contributed by atoms with E-state index < -0.39 is 14.1 Å². The molecule has 0 aromatic carbocycles. The SMILES string of the molecule is CC=CCC[CH2][Al]([CH2]C(C)C)[CH2]C(C)C. The highest BCUT2D eigenvalue weighted by molar-refractivity contribution is 6.58. The van der Waals surface area contributed by atoms with Crippen molar-refractivity contribution in [3.8, 4) is 0 Å². The minimum Gasteiger partial charge on any atom is -0.0936 e. The molecule has 0 radical (unpaired) electrons. The first-order valence-electron chi connectivity index (χ1n) is 6.67. The number of rotatable bonds is 8. The molecule has 0 rings (SSSR count). The van der Waals surface area contributed by atoms with E-state index in [-0.39, 0.29) is 0 Å². The standard InChI is InChI=1S/C6H11.2C4H9.Al/c1-3-5-6-4-2;2*1-4(2)3;/h4,6H,1,3,5H2,2H3;2*4H,1H2,2-3H3;. The van der Waals surface area contributed by atoms with Crippen molar-refractivity contribution in [3.63, 3.8) is 0 Å². The summed E-state index contributed by atoms with van der Waals surface area (Å²) in [5.74, 6) is 1.84. The Labute approximate surface area is 102 Å². The van der Waals surface area contributed by atoms with Crippen molar-refractivity contribution in [1.82, 2.24) is 0 Å². The maximum Gasteiger partial charge on any atom is 0.262 e. The zero-order chi connectivity index (χ0) is 11.7. The molecule has 0 heterocycles. The molecule has 0 aliphatic heterocycles. The van der Waals surface area contributed by atoms with E-state index in [2.05, 4.69) is 46.8 Å². The van der Waals surface area contributed by atoms with Crippen LogP contribution in [0.3, 0.4) is 0 Å². The van der Waals surface area contributed by atoms with Crippen LogP contribution in [0.1, 0.15) is 47.5 Å². The van der Waals surface area contributed by atoms with Crippen molar-refractivity contribution in [2.24, 2.45) is 11.8 Å². The third kappa shape index (κ3) is 10.6. The largest absolute Gasteiger partial charge is 0.262 e. The van der Waals surface area contributed by atoms with E-state index in [1.165, 1.54) is 12.8 Å². The number of hydrogen-bond acceptors (Lipinski definition) is 0. The first-order chi connectivity index (χ1) is 7.06. The van der Waals surface area contributed by atoms with Crippen molar-refractivity contribution < 1.29 is 0 Å². The van der Waals surface area contributed by atoms with Crippen LogP contribution in [0.2, 0.25) is 15.8 Å². The van der Waals surface area contributed by atoms with Crippen molar-refractivity contribution in [1.29, 1.82) is 0 Å². The zero-order valence-corrected chi connectivity index (χ0v) is 12.6. The van der Waals surface area contributed by atoms with Gasteiger partial charge in [0, 0.05) is 0 Å². The molecule has 0 aromatic heterocycles. The average molecular weight is 224 g/mol. The first-order valence-corrected chi connectivity index (χ1v) is 9.12. The Balaban J connectivity index is 3.79. The van der Waals surface area contributed by atoms with Crippen molar-refractivity contribution in [3.05, 3.63) is 12.2 Å². The average Bonchev–Trinajstić information content (AvgIpc) is 2.10. The van der Waals surface area contributed by atoms with Gasteiger partial charge in [-0.3, -0.25) is 0 Å². The van der Waals surface area contributed by atoms with Gasteiger partial charge in [-0.2, -0.15) is 0 Å². The molecule has 0 bridgehead atoms. The monoisotopic (exact) mass is 224 g/mol. The minimum atomic E-state index is -0.426. The number of allylic oxidation sites excluding steroid dienone is 2. The third-order valence-electron chi connectivity index (χ3n) is 2.83. The van der Waals surface area contributed by atoms with Gasteiger partial charge in [0.25, 0.3) is 14.1 Å². The molecule has 0 N–H and O–H groups in total. The molecular weight excluding hydrogens is 195 g/mol. The fraction of sp³-hybridized carbons (Fsp3) is 0.857. The van der Waals surface area contributed by atoms with Gasteiger partial charge in [0.05, 0.1) is 0 Å². The van der Waals surface area contributed by atoms with E-state index in [9.17, 15) is 0 Å². The lowest BCUT2D eigenvalue weighted by Gasteiger charge is -2.15. The second kappa shape index (κ2) is 9.50. The predicted molar refractivity (Wildman–Crippen MR) is 73.9 cm³/mol. The summed E-state index contributed by atoms with van der Waals surface area (Å²) >= 11 is -0.426. The van der Waals surface area contributed by atoms with Gasteiger partial charge in [0.15, 0.2) is 0 Å². The first kappa shape index (κ1) is 15.3. The van der Waals surface area contributed by atoms with Crippen LogP contribution < -0.4 is 0 Å². The Hall–Kier alpha value is 0.272. The fourth-order valence-electron chi connectivity index (χ4n) is 2.36. The van der Waals surface area contributed by atoms with Crippen LogP contribution in [-0.2, 0) is 0 Å². The molecule has 0 saturated heterocycles. The van der Waals surface area contributed by atoms with Gasteiger partial charge in [-0.15, -0.1) is 0 Å². The quantitative estimate of drug-likeness (QED) is 0.304. The van der Waals surface area contributed by atoms with Gasteiger partial charge in [-0.05, 0) is 13.3 Å². The second-order valence-electron chi connectivity index (χ2n) is 5.63. The summed E-state index contributed by atoms with van der Waals surface area (Å²) in [4.78, 5) is 0. The summed E-state index contributed by atoms with van der Waals surface area (Å²) in [6.45, 7) is 11.6. The van der Waals surface area contributed by atoms with E-state index in [0.717, 1.165) is 11.8 Å². The summed E-state index contributed by atoms with van der Waals surface area (Å²) in [7, 11) is 0. The molecule has 0 fully saturated rings. The number of unbranched alkanes of at least 4 members (excludes halogenated alkanes) is 1. The van der Waals surface area contributed by atoms with Crippen LogP contribution in [0, 0.1) is 11.8 Å². The van der Waals surface area contributed by atoms with Crippen LogP contribution in [0.15, 0.2) is 12.2 Å². The van der Waals surface area contributed by atoms with E-state index in [1.54, 1.807) is 15.8 Å². The molecule has 0 atom stereocenters. The van der Waals surface area contributed by atoms with Gasteiger partial charge in [-0.1, -0.05) is 74.0 Å². The highest BCUT2D eigenvalue weighted by atomic mass is 27.2. The van der Waals surface area contributed by atoms with E-state index in [4.69, 9.17) is 0 Å². The molecule has 0 saturated carbocycles. The van der Waals surface area contributed by atoms with Crippen LogP contribution in [0.5, 0.6) is 0 Å². The summed E-state index contributed by atoms with van der Waals surface area (Å²) in [6.07, 6.45) is 7.23. The van der Waals surface area contributed by atoms with Gasteiger partial charge in [0.1, 0.15) is 0 Å². The van der Waals surface area contributed by atoms with Crippen molar-refractivity contribution in [2.45, 2.75) is 63.3 Å². The lowest BCUT2D eigenvalue weighted by Crippen LogP contribution is -2.17. The lowest BCUT2D eigenvalue weighted by atomic mass is 10.3. The molecule has 1 heteroatoms. The molecule has 0 spiro atoms. The maximum atomic E-state index is 2.38. The summed E-state index contributed by atoms with van der Waals surface area (Å²) in [5.41, 5.74) is 0. The molecule has 88 valence electrons. The van der Waals surface area contributed by atoms with Crippen LogP contribution >= 0.6 is 0 Å².